The Bertz CT molecular complexity index is 467. The first-order valence-electron chi connectivity index (χ1n) is 6.81. The number of carbonyl (C=O) groups is 1. The molecule has 0 aromatic heterocycles. The lowest BCUT2D eigenvalue weighted by atomic mass is 9.87. The summed E-state index contributed by atoms with van der Waals surface area (Å²) in [6.45, 7) is 1.70. The van der Waals surface area contributed by atoms with Crippen LogP contribution in [0.1, 0.15) is 31.4 Å². The van der Waals surface area contributed by atoms with E-state index in [1.165, 1.54) is 13.2 Å². The Balaban J connectivity index is 2.74. The molecule has 1 aromatic rings. The van der Waals surface area contributed by atoms with Crippen LogP contribution in [-0.2, 0) is 9.53 Å². The molecule has 5 heteroatoms. The van der Waals surface area contributed by atoms with Crippen LogP contribution in [0.3, 0.4) is 0 Å². The normalized spacial score (nSPS) is 15.0. The molecule has 21 heavy (non-hydrogen) atoms. The smallest absolute Gasteiger partial charge is 0.327 e. The minimum Gasteiger partial charge on any atom is -0.478 e. The minimum absolute atomic E-state index is 0.434. The van der Waals surface area contributed by atoms with E-state index in [9.17, 15) is 15.0 Å². The summed E-state index contributed by atoms with van der Waals surface area (Å²) in [5.74, 6) is -3.53. The second kappa shape index (κ2) is 7.93. The number of rotatable bonds is 8. The summed E-state index contributed by atoms with van der Waals surface area (Å²) in [4.78, 5) is 10.4. The molecule has 1 aromatic carbocycles. The van der Waals surface area contributed by atoms with Gasteiger partial charge in [-0.3, -0.25) is 0 Å². The van der Waals surface area contributed by atoms with Crippen LogP contribution in [0.2, 0.25) is 0 Å². The number of carboxylic acid groups (broad SMARTS) is 1. The van der Waals surface area contributed by atoms with Crippen molar-refractivity contribution in [1.29, 1.82) is 0 Å². The summed E-state index contributed by atoms with van der Waals surface area (Å²) >= 11 is 0. The molecule has 0 fully saturated rings. The quantitative estimate of drug-likeness (QED) is 0.505. The number of allylic oxidation sites excluding steroid dienone is 1. The molecule has 3 N–H and O–H groups in total. The zero-order valence-corrected chi connectivity index (χ0v) is 12.3. The van der Waals surface area contributed by atoms with Gasteiger partial charge in [0, 0.05) is 19.1 Å². The third-order valence-corrected chi connectivity index (χ3v) is 3.48. The lowest BCUT2D eigenvalue weighted by molar-refractivity contribution is -0.264. The number of aliphatic carboxylic acids is 1. The van der Waals surface area contributed by atoms with Gasteiger partial charge in [0.2, 0.25) is 0 Å². The molecule has 0 spiro atoms. The number of hydrogen-bond acceptors (Lipinski definition) is 4. The first kappa shape index (κ1) is 17.4. The monoisotopic (exact) mass is 294 g/mol. The van der Waals surface area contributed by atoms with E-state index in [2.05, 4.69) is 0 Å². The lowest BCUT2D eigenvalue weighted by Gasteiger charge is -2.35. The molecule has 0 aliphatic heterocycles. The maximum atomic E-state index is 10.4. The van der Waals surface area contributed by atoms with Crippen molar-refractivity contribution in [3.8, 4) is 0 Å². The van der Waals surface area contributed by atoms with Gasteiger partial charge in [0.25, 0.3) is 0 Å². The van der Waals surface area contributed by atoms with E-state index in [0.717, 1.165) is 6.08 Å². The molecular formula is C16H22O5. The highest BCUT2D eigenvalue weighted by atomic mass is 16.6. The predicted molar refractivity (Wildman–Crippen MR) is 78.5 cm³/mol. The number of hydrogen-bond donors (Lipinski definition) is 3. The van der Waals surface area contributed by atoms with Gasteiger partial charge in [-0.05, 0) is 18.4 Å². The van der Waals surface area contributed by atoms with E-state index in [1.807, 2.05) is 6.07 Å². The Hall–Kier alpha value is -1.69. The Morgan fingerprint density at radius 1 is 1.33 bits per heavy atom. The highest BCUT2D eigenvalue weighted by Gasteiger charge is 2.40. The Kier molecular flexibility index (Phi) is 6.55. The van der Waals surface area contributed by atoms with Crippen LogP contribution in [-0.4, -0.2) is 34.2 Å². The molecule has 0 radical (unpaired) electrons. The van der Waals surface area contributed by atoms with E-state index in [-0.39, 0.29) is 0 Å². The van der Waals surface area contributed by atoms with Gasteiger partial charge >= 0.3 is 5.97 Å². The molecule has 0 heterocycles. The Morgan fingerprint density at radius 2 is 1.95 bits per heavy atom. The number of benzene rings is 1. The molecule has 0 bridgehead atoms. The molecule has 5 nitrogen and oxygen atoms in total. The van der Waals surface area contributed by atoms with Crippen LogP contribution in [0.5, 0.6) is 0 Å². The topological polar surface area (TPSA) is 87.0 Å². The fraction of sp³-hybridized carbons (Fsp3) is 0.438. The molecule has 0 aliphatic carbocycles. The fourth-order valence-corrected chi connectivity index (χ4v) is 2.18. The van der Waals surface area contributed by atoms with Crippen molar-refractivity contribution in [2.75, 3.05) is 7.11 Å². The molecule has 2 atom stereocenters. The number of aliphatic hydroxyl groups is 2. The van der Waals surface area contributed by atoms with Gasteiger partial charge < -0.3 is 20.1 Å². The number of methoxy groups -OCH3 is 1. The first-order valence-corrected chi connectivity index (χ1v) is 6.81. The van der Waals surface area contributed by atoms with Gasteiger partial charge in [0.05, 0.1) is 0 Å². The third kappa shape index (κ3) is 4.97. The molecule has 0 amide bonds. The van der Waals surface area contributed by atoms with E-state index >= 15 is 0 Å². The SMILES string of the molecule is COC(c1ccccc1)C(O)(O)C(C)CC/C=C/C(=O)O. The average Bonchev–Trinajstić information content (AvgIpc) is 2.44. The first-order chi connectivity index (χ1) is 9.89. The van der Waals surface area contributed by atoms with Crippen LogP contribution in [0.4, 0.5) is 0 Å². The van der Waals surface area contributed by atoms with Crippen molar-refractivity contribution in [3.05, 3.63) is 48.0 Å². The fourth-order valence-electron chi connectivity index (χ4n) is 2.18. The Labute approximate surface area is 124 Å². The van der Waals surface area contributed by atoms with Gasteiger partial charge in [-0.2, -0.15) is 0 Å². The second-order valence-corrected chi connectivity index (χ2v) is 5.03. The molecule has 0 aliphatic rings. The second-order valence-electron chi connectivity index (χ2n) is 5.03. The summed E-state index contributed by atoms with van der Waals surface area (Å²) in [5.41, 5.74) is 0.679. The maximum absolute atomic E-state index is 10.4. The standard InChI is InChI=1S/C16H22O5/c1-12(8-6-7-11-14(17)18)16(19,20)15(21-2)13-9-4-3-5-10-13/h3-5,7,9-12,15,19-20H,6,8H2,1-2H3,(H,17,18)/b11-7+. The highest BCUT2D eigenvalue weighted by molar-refractivity contribution is 5.79. The van der Waals surface area contributed by atoms with Crippen LogP contribution in [0.15, 0.2) is 42.5 Å². The number of ether oxygens (including phenoxy) is 1. The van der Waals surface area contributed by atoms with Gasteiger partial charge in [-0.1, -0.05) is 43.3 Å². The summed E-state index contributed by atoms with van der Waals surface area (Å²) in [6.07, 6.45) is 2.57. The van der Waals surface area contributed by atoms with Crippen molar-refractivity contribution < 1.29 is 24.9 Å². The van der Waals surface area contributed by atoms with E-state index < -0.39 is 23.8 Å². The van der Waals surface area contributed by atoms with E-state index in [4.69, 9.17) is 9.84 Å². The molecular weight excluding hydrogens is 272 g/mol. The number of carboxylic acids is 1. The molecule has 1 rings (SSSR count). The molecule has 0 saturated heterocycles. The molecule has 2 unspecified atom stereocenters. The van der Waals surface area contributed by atoms with Crippen molar-refractivity contribution >= 4 is 5.97 Å². The van der Waals surface area contributed by atoms with Gasteiger partial charge in [-0.15, -0.1) is 0 Å². The summed E-state index contributed by atoms with van der Waals surface area (Å²) in [5, 5.41) is 29.3. The summed E-state index contributed by atoms with van der Waals surface area (Å²) < 4.78 is 5.25. The van der Waals surface area contributed by atoms with Crippen LogP contribution in [0.25, 0.3) is 0 Å². The lowest BCUT2D eigenvalue weighted by Crippen LogP contribution is -2.43. The predicted octanol–water partition coefficient (Wildman–Crippen LogP) is 2.11. The van der Waals surface area contributed by atoms with Gasteiger partial charge in [0.15, 0.2) is 5.79 Å². The minimum atomic E-state index is -2.03. The zero-order chi connectivity index (χ0) is 15.9. The van der Waals surface area contributed by atoms with Crippen molar-refractivity contribution in [2.24, 2.45) is 5.92 Å². The van der Waals surface area contributed by atoms with Gasteiger partial charge in [-0.25, -0.2) is 4.79 Å². The largest absolute Gasteiger partial charge is 0.478 e. The van der Waals surface area contributed by atoms with E-state index in [0.29, 0.717) is 18.4 Å². The highest BCUT2D eigenvalue weighted by Crippen LogP contribution is 2.34. The third-order valence-electron chi connectivity index (χ3n) is 3.48. The summed E-state index contributed by atoms with van der Waals surface area (Å²) in [6, 6.07) is 8.99. The van der Waals surface area contributed by atoms with Crippen LogP contribution >= 0.6 is 0 Å². The van der Waals surface area contributed by atoms with Gasteiger partial charge in [0.1, 0.15) is 6.10 Å². The summed E-state index contributed by atoms with van der Waals surface area (Å²) in [7, 11) is 1.43. The van der Waals surface area contributed by atoms with Crippen LogP contribution < -0.4 is 0 Å². The van der Waals surface area contributed by atoms with Crippen molar-refractivity contribution in [3.63, 3.8) is 0 Å². The Morgan fingerprint density at radius 3 is 2.48 bits per heavy atom. The van der Waals surface area contributed by atoms with E-state index in [1.54, 1.807) is 31.2 Å². The maximum Gasteiger partial charge on any atom is 0.327 e. The van der Waals surface area contributed by atoms with Crippen LogP contribution in [0, 0.1) is 5.92 Å². The van der Waals surface area contributed by atoms with Crippen molar-refractivity contribution in [2.45, 2.75) is 31.7 Å². The average molecular weight is 294 g/mol. The zero-order valence-electron chi connectivity index (χ0n) is 12.3. The van der Waals surface area contributed by atoms with Crippen molar-refractivity contribution in [1.82, 2.24) is 0 Å². The molecule has 0 saturated carbocycles. The molecule has 116 valence electrons.